The lowest BCUT2D eigenvalue weighted by Gasteiger charge is -2.15. The summed E-state index contributed by atoms with van der Waals surface area (Å²) < 4.78 is 11.9. The zero-order valence-corrected chi connectivity index (χ0v) is 16.9. The van der Waals surface area contributed by atoms with Crippen LogP contribution in [0.3, 0.4) is 0 Å². The van der Waals surface area contributed by atoms with E-state index in [-0.39, 0.29) is 17.3 Å². The van der Waals surface area contributed by atoms with E-state index in [0.29, 0.717) is 22.1 Å². The molecule has 3 rings (SSSR count). The number of nitrogens with one attached hydrogen (secondary N) is 1. The third-order valence-electron chi connectivity index (χ3n) is 4.20. The molecule has 0 aliphatic rings. The first-order valence-electron chi connectivity index (χ1n) is 8.86. The average Bonchev–Trinajstić information content (AvgIpc) is 2.72. The number of hydrogen-bond acceptors (Lipinski definition) is 5. The third-order valence-corrected chi connectivity index (χ3v) is 4.43. The Kier molecular flexibility index (Phi) is 6.19. The van der Waals surface area contributed by atoms with Crippen molar-refractivity contribution in [3.8, 4) is 17.3 Å². The van der Waals surface area contributed by atoms with E-state index in [1.807, 2.05) is 6.92 Å². The molecule has 0 fully saturated rings. The summed E-state index contributed by atoms with van der Waals surface area (Å²) in [6.07, 6.45) is -0.837. The van der Waals surface area contributed by atoms with E-state index in [2.05, 4.69) is 10.4 Å². The molecule has 0 radical (unpaired) electrons. The molecule has 0 saturated carbocycles. The molecule has 0 saturated heterocycles. The van der Waals surface area contributed by atoms with Crippen LogP contribution in [0.5, 0.6) is 11.6 Å². The van der Waals surface area contributed by atoms with Crippen molar-refractivity contribution >= 4 is 23.2 Å². The van der Waals surface area contributed by atoms with Crippen LogP contribution >= 0.6 is 11.6 Å². The summed E-state index contributed by atoms with van der Waals surface area (Å²) in [7, 11) is 1.57. The van der Waals surface area contributed by atoms with Crippen molar-refractivity contribution in [3.63, 3.8) is 0 Å². The number of benzene rings is 2. The van der Waals surface area contributed by atoms with E-state index in [9.17, 15) is 9.59 Å². The second-order valence-electron chi connectivity index (χ2n) is 6.33. The summed E-state index contributed by atoms with van der Waals surface area (Å²) in [6.45, 7) is 3.44. The fraction of sp³-hybridized carbons (Fsp3) is 0.190. The Morgan fingerprint density at radius 2 is 1.86 bits per heavy atom. The van der Waals surface area contributed by atoms with Gasteiger partial charge >= 0.3 is 0 Å². The molecule has 29 heavy (non-hydrogen) atoms. The van der Waals surface area contributed by atoms with Crippen LogP contribution in [0.15, 0.2) is 59.4 Å². The Bertz CT molecular complexity index is 1080. The molecule has 1 aromatic heterocycles. The highest BCUT2D eigenvalue weighted by atomic mass is 35.5. The van der Waals surface area contributed by atoms with Gasteiger partial charge in [-0.25, -0.2) is 0 Å². The first-order valence-corrected chi connectivity index (χ1v) is 9.23. The Hall–Kier alpha value is -3.32. The number of rotatable bonds is 6. The summed E-state index contributed by atoms with van der Waals surface area (Å²) in [5.74, 6) is 0.477. The van der Waals surface area contributed by atoms with E-state index in [1.165, 1.54) is 16.8 Å². The molecule has 0 bridgehead atoms. The number of carbonyl (C=O) groups is 1. The van der Waals surface area contributed by atoms with Crippen LogP contribution in [0.2, 0.25) is 5.02 Å². The number of nitrogens with zero attached hydrogens (tertiary/aromatic N) is 2. The zero-order chi connectivity index (χ0) is 21.0. The maximum absolute atomic E-state index is 12.4. The molecule has 2 aromatic carbocycles. The van der Waals surface area contributed by atoms with Gasteiger partial charge in [-0.05, 0) is 55.8 Å². The summed E-state index contributed by atoms with van der Waals surface area (Å²) in [5.41, 5.74) is 1.64. The van der Waals surface area contributed by atoms with Crippen molar-refractivity contribution < 1.29 is 14.3 Å². The molecule has 1 atom stereocenters. The topological polar surface area (TPSA) is 82.5 Å². The van der Waals surface area contributed by atoms with Gasteiger partial charge in [0.1, 0.15) is 5.75 Å². The first-order chi connectivity index (χ1) is 13.9. The molecule has 7 nitrogen and oxygen atoms in total. The average molecular weight is 414 g/mol. The van der Waals surface area contributed by atoms with Crippen molar-refractivity contribution in [2.45, 2.75) is 20.0 Å². The molecule has 1 N–H and O–H groups in total. The third kappa shape index (κ3) is 4.94. The number of carbonyl (C=O) groups excluding carboxylic acids is 1. The molecule has 0 spiro atoms. The Morgan fingerprint density at radius 3 is 2.55 bits per heavy atom. The molecule has 0 unspecified atom stereocenters. The maximum Gasteiger partial charge on any atom is 0.271 e. The minimum atomic E-state index is -0.837. The smallest absolute Gasteiger partial charge is 0.271 e. The van der Waals surface area contributed by atoms with Gasteiger partial charge in [0.05, 0.1) is 12.8 Å². The van der Waals surface area contributed by atoms with Crippen molar-refractivity contribution in [2.75, 3.05) is 12.4 Å². The number of aromatic nitrogens is 2. The fourth-order valence-electron chi connectivity index (χ4n) is 2.59. The predicted octanol–water partition coefficient (Wildman–Crippen LogP) is 3.61. The normalized spacial score (nSPS) is 11.6. The minimum absolute atomic E-state index is 0.140. The number of ether oxygens (including phenoxy) is 2. The van der Waals surface area contributed by atoms with Gasteiger partial charge in [-0.2, -0.15) is 4.68 Å². The highest BCUT2D eigenvalue weighted by Gasteiger charge is 2.17. The Labute approximate surface area is 172 Å². The predicted molar refractivity (Wildman–Crippen MR) is 111 cm³/mol. The Balaban J connectivity index is 1.76. The van der Waals surface area contributed by atoms with Crippen molar-refractivity contribution in [2.24, 2.45) is 0 Å². The summed E-state index contributed by atoms with van der Waals surface area (Å²) in [4.78, 5) is 24.7. The maximum atomic E-state index is 12.4. The molecule has 1 heterocycles. The quantitative estimate of drug-likeness (QED) is 0.667. The van der Waals surface area contributed by atoms with Gasteiger partial charge < -0.3 is 14.8 Å². The number of methoxy groups -OCH3 is 1. The van der Waals surface area contributed by atoms with Crippen molar-refractivity contribution in [1.29, 1.82) is 0 Å². The van der Waals surface area contributed by atoms with Crippen LogP contribution in [0.25, 0.3) is 5.69 Å². The van der Waals surface area contributed by atoms with Gasteiger partial charge in [-0.15, -0.1) is 5.10 Å². The second kappa shape index (κ2) is 8.79. The standard InChI is InChI=1S/C21H20ClN3O4/c1-13-4-5-15(22)12-18(13)25-20(26)11-10-19(24-25)29-14(2)21(27)23-16-6-8-17(28-3)9-7-16/h4-12,14H,1-3H3,(H,23,27)/t14-/m1/s1. The van der Waals surface area contributed by atoms with Crippen LogP contribution in [-0.4, -0.2) is 28.9 Å². The fourth-order valence-corrected chi connectivity index (χ4v) is 2.76. The van der Waals surface area contributed by atoms with Gasteiger partial charge in [0.25, 0.3) is 11.5 Å². The van der Waals surface area contributed by atoms with Crippen molar-refractivity contribution in [3.05, 3.63) is 75.5 Å². The Morgan fingerprint density at radius 1 is 1.14 bits per heavy atom. The van der Waals surface area contributed by atoms with Gasteiger partial charge in [0.15, 0.2) is 6.10 Å². The van der Waals surface area contributed by atoms with Gasteiger partial charge in [0, 0.05) is 22.8 Å². The van der Waals surface area contributed by atoms with Crippen LogP contribution in [0.1, 0.15) is 12.5 Å². The zero-order valence-electron chi connectivity index (χ0n) is 16.2. The molecule has 150 valence electrons. The number of halogens is 1. The largest absolute Gasteiger partial charge is 0.497 e. The molecular weight excluding hydrogens is 394 g/mol. The molecule has 1 amide bonds. The highest BCUT2D eigenvalue weighted by molar-refractivity contribution is 6.30. The summed E-state index contributed by atoms with van der Waals surface area (Å²) >= 11 is 6.05. The summed E-state index contributed by atoms with van der Waals surface area (Å²) in [6, 6.07) is 14.9. The lowest BCUT2D eigenvalue weighted by Crippen LogP contribution is -2.31. The number of amides is 1. The lowest BCUT2D eigenvalue weighted by molar-refractivity contribution is -0.122. The first kappa shape index (κ1) is 20.4. The van der Waals surface area contributed by atoms with Gasteiger partial charge in [-0.1, -0.05) is 17.7 Å². The second-order valence-corrected chi connectivity index (χ2v) is 6.77. The van der Waals surface area contributed by atoms with Gasteiger partial charge in [0.2, 0.25) is 5.88 Å². The van der Waals surface area contributed by atoms with Gasteiger partial charge in [-0.3, -0.25) is 9.59 Å². The van der Waals surface area contributed by atoms with Crippen LogP contribution in [0.4, 0.5) is 5.69 Å². The van der Waals surface area contributed by atoms with Crippen LogP contribution in [0, 0.1) is 6.92 Å². The van der Waals surface area contributed by atoms with E-state index in [0.717, 1.165) is 5.56 Å². The number of aryl methyl sites for hydroxylation is 1. The number of hydrogen-bond donors (Lipinski definition) is 1. The molecule has 8 heteroatoms. The SMILES string of the molecule is COc1ccc(NC(=O)[C@@H](C)Oc2ccc(=O)n(-c3cc(Cl)ccc3C)n2)cc1. The minimum Gasteiger partial charge on any atom is -0.497 e. The number of anilines is 1. The highest BCUT2D eigenvalue weighted by Crippen LogP contribution is 2.19. The molecule has 0 aliphatic carbocycles. The van der Waals surface area contributed by atoms with E-state index < -0.39 is 6.10 Å². The molecule has 3 aromatic rings. The lowest BCUT2D eigenvalue weighted by atomic mass is 10.2. The van der Waals surface area contributed by atoms with E-state index in [1.54, 1.807) is 56.5 Å². The van der Waals surface area contributed by atoms with E-state index in [4.69, 9.17) is 21.1 Å². The van der Waals surface area contributed by atoms with Crippen LogP contribution < -0.4 is 20.3 Å². The van der Waals surface area contributed by atoms with E-state index >= 15 is 0 Å². The molecule has 0 aliphatic heterocycles. The van der Waals surface area contributed by atoms with Crippen LogP contribution in [-0.2, 0) is 4.79 Å². The molecular formula is C21H20ClN3O4. The monoisotopic (exact) mass is 413 g/mol. The van der Waals surface area contributed by atoms with Crippen molar-refractivity contribution in [1.82, 2.24) is 9.78 Å². The summed E-state index contributed by atoms with van der Waals surface area (Å²) in [5, 5.41) is 7.46.